The van der Waals surface area contributed by atoms with Gasteiger partial charge in [-0.05, 0) is 25.7 Å². The Morgan fingerprint density at radius 3 is 2.59 bits per heavy atom. The van der Waals surface area contributed by atoms with E-state index in [1.54, 1.807) is 0 Å². The number of hydrogen-bond donors (Lipinski definition) is 2. The van der Waals surface area contributed by atoms with E-state index in [4.69, 9.17) is 9.84 Å². The number of amides is 1. The molecule has 1 saturated carbocycles. The SMILES string of the molecule is O=C(CN(CCO)C1CC1)NC1CCOCC1. The number of hydrogen-bond acceptors (Lipinski definition) is 4. The minimum Gasteiger partial charge on any atom is -0.395 e. The second kappa shape index (κ2) is 6.33. The first-order chi connectivity index (χ1) is 8.29. The molecule has 0 spiro atoms. The van der Waals surface area contributed by atoms with E-state index in [0.29, 0.717) is 19.1 Å². The average Bonchev–Trinajstić information content (AvgIpc) is 3.13. The van der Waals surface area contributed by atoms with Crippen LogP contribution in [0.4, 0.5) is 0 Å². The number of carbonyl (C=O) groups excluding carboxylic acids is 1. The smallest absolute Gasteiger partial charge is 0.234 e. The molecule has 1 heterocycles. The van der Waals surface area contributed by atoms with Crippen molar-refractivity contribution in [1.29, 1.82) is 0 Å². The Hall–Kier alpha value is -0.650. The summed E-state index contributed by atoms with van der Waals surface area (Å²) in [6.07, 6.45) is 4.14. The zero-order valence-electron chi connectivity index (χ0n) is 10.2. The highest BCUT2D eigenvalue weighted by Crippen LogP contribution is 2.26. The molecule has 0 atom stereocenters. The normalized spacial score (nSPS) is 21.8. The van der Waals surface area contributed by atoms with E-state index in [0.717, 1.165) is 38.9 Å². The Morgan fingerprint density at radius 1 is 1.29 bits per heavy atom. The molecule has 5 nitrogen and oxygen atoms in total. The number of aliphatic hydroxyl groups is 1. The Morgan fingerprint density at radius 2 is 2.00 bits per heavy atom. The van der Waals surface area contributed by atoms with E-state index in [1.165, 1.54) is 0 Å². The van der Waals surface area contributed by atoms with Gasteiger partial charge in [-0.15, -0.1) is 0 Å². The van der Waals surface area contributed by atoms with Gasteiger partial charge in [-0.1, -0.05) is 0 Å². The van der Waals surface area contributed by atoms with Crippen LogP contribution in [-0.4, -0.2) is 60.9 Å². The maximum Gasteiger partial charge on any atom is 0.234 e. The molecule has 1 saturated heterocycles. The third-order valence-electron chi connectivity index (χ3n) is 3.38. The number of nitrogens with one attached hydrogen (secondary N) is 1. The molecule has 2 N–H and O–H groups in total. The summed E-state index contributed by atoms with van der Waals surface area (Å²) in [5.41, 5.74) is 0. The first-order valence-electron chi connectivity index (χ1n) is 6.51. The first-order valence-corrected chi connectivity index (χ1v) is 6.51. The third kappa shape index (κ3) is 4.26. The molecule has 5 heteroatoms. The Kier molecular flexibility index (Phi) is 4.76. The van der Waals surface area contributed by atoms with E-state index < -0.39 is 0 Å². The van der Waals surface area contributed by atoms with Crippen molar-refractivity contribution in [3.05, 3.63) is 0 Å². The number of rotatable bonds is 6. The molecule has 17 heavy (non-hydrogen) atoms. The van der Waals surface area contributed by atoms with Gasteiger partial charge in [0.1, 0.15) is 0 Å². The summed E-state index contributed by atoms with van der Waals surface area (Å²) in [6.45, 7) is 2.64. The van der Waals surface area contributed by atoms with Gasteiger partial charge in [0, 0.05) is 31.8 Å². The third-order valence-corrected chi connectivity index (χ3v) is 3.38. The minimum absolute atomic E-state index is 0.0808. The molecule has 0 bridgehead atoms. The van der Waals surface area contributed by atoms with E-state index in [-0.39, 0.29) is 18.6 Å². The number of nitrogens with zero attached hydrogens (tertiary/aromatic N) is 1. The van der Waals surface area contributed by atoms with Crippen molar-refractivity contribution in [3.63, 3.8) is 0 Å². The summed E-state index contributed by atoms with van der Waals surface area (Å²) in [7, 11) is 0. The van der Waals surface area contributed by atoms with Gasteiger partial charge < -0.3 is 15.2 Å². The topological polar surface area (TPSA) is 61.8 Å². The van der Waals surface area contributed by atoms with Crippen molar-refractivity contribution in [2.75, 3.05) is 32.9 Å². The van der Waals surface area contributed by atoms with Crippen LogP contribution in [0.5, 0.6) is 0 Å². The molecule has 0 aromatic carbocycles. The van der Waals surface area contributed by atoms with Crippen molar-refractivity contribution >= 4 is 5.91 Å². The van der Waals surface area contributed by atoms with Crippen LogP contribution in [0.15, 0.2) is 0 Å². The number of aliphatic hydroxyl groups excluding tert-OH is 1. The zero-order chi connectivity index (χ0) is 12.1. The monoisotopic (exact) mass is 242 g/mol. The molecule has 1 aliphatic carbocycles. The van der Waals surface area contributed by atoms with Crippen molar-refractivity contribution in [2.24, 2.45) is 0 Å². The van der Waals surface area contributed by atoms with Crippen molar-refractivity contribution in [2.45, 2.75) is 37.8 Å². The second-order valence-corrected chi connectivity index (χ2v) is 4.88. The lowest BCUT2D eigenvalue weighted by Gasteiger charge is -2.25. The Balaban J connectivity index is 1.70. The molecule has 0 aromatic heterocycles. The fourth-order valence-electron chi connectivity index (χ4n) is 2.26. The quantitative estimate of drug-likeness (QED) is 0.673. The summed E-state index contributed by atoms with van der Waals surface area (Å²) in [4.78, 5) is 13.9. The van der Waals surface area contributed by atoms with Crippen LogP contribution in [0, 0.1) is 0 Å². The van der Waals surface area contributed by atoms with Crippen LogP contribution in [0.3, 0.4) is 0 Å². The van der Waals surface area contributed by atoms with Crippen molar-refractivity contribution in [1.82, 2.24) is 10.2 Å². The maximum atomic E-state index is 11.9. The molecule has 2 rings (SSSR count). The molecule has 0 aromatic rings. The van der Waals surface area contributed by atoms with Crippen LogP contribution in [0.1, 0.15) is 25.7 Å². The number of ether oxygens (including phenoxy) is 1. The zero-order valence-corrected chi connectivity index (χ0v) is 10.2. The van der Waals surface area contributed by atoms with E-state index in [9.17, 15) is 4.79 Å². The summed E-state index contributed by atoms with van der Waals surface area (Å²) in [6, 6.07) is 0.786. The van der Waals surface area contributed by atoms with Crippen LogP contribution in [-0.2, 0) is 9.53 Å². The molecule has 1 amide bonds. The lowest BCUT2D eigenvalue weighted by Crippen LogP contribution is -2.45. The molecule has 2 fully saturated rings. The second-order valence-electron chi connectivity index (χ2n) is 4.88. The highest BCUT2D eigenvalue weighted by atomic mass is 16.5. The predicted molar refractivity (Wildman–Crippen MR) is 63.7 cm³/mol. The average molecular weight is 242 g/mol. The van der Waals surface area contributed by atoms with E-state index in [2.05, 4.69) is 10.2 Å². The lowest BCUT2D eigenvalue weighted by molar-refractivity contribution is -0.123. The largest absolute Gasteiger partial charge is 0.395 e. The van der Waals surface area contributed by atoms with Crippen LogP contribution in [0.25, 0.3) is 0 Å². The summed E-state index contributed by atoms with van der Waals surface area (Å²) < 4.78 is 5.25. The van der Waals surface area contributed by atoms with Gasteiger partial charge in [0.2, 0.25) is 5.91 Å². The minimum atomic E-state index is 0.0808. The van der Waals surface area contributed by atoms with Gasteiger partial charge in [0.05, 0.1) is 13.2 Å². The van der Waals surface area contributed by atoms with Gasteiger partial charge in [0.25, 0.3) is 0 Å². The summed E-state index contributed by atoms with van der Waals surface area (Å²) >= 11 is 0. The van der Waals surface area contributed by atoms with Crippen LogP contribution < -0.4 is 5.32 Å². The van der Waals surface area contributed by atoms with Crippen LogP contribution in [0.2, 0.25) is 0 Å². The number of carbonyl (C=O) groups is 1. The molecular weight excluding hydrogens is 220 g/mol. The van der Waals surface area contributed by atoms with Crippen molar-refractivity contribution < 1.29 is 14.6 Å². The fourth-order valence-corrected chi connectivity index (χ4v) is 2.26. The van der Waals surface area contributed by atoms with Crippen LogP contribution >= 0.6 is 0 Å². The molecule has 0 unspecified atom stereocenters. The van der Waals surface area contributed by atoms with E-state index >= 15 is 0 Å². The lowest BCUT2D eigenvalue weighted by atomic mass is 10.1. The Labute approximate surface area is 102 Å². The summed E-state index contributed by atoms with van der Waals surface area (Å²) in [5, 5.41) is 12.0. The highest BCUT2D eigenvalue weighted by Gasteiger charge is 2.30. The Bertz CT molecular complexity index is 250. The van der Waals surface area contributed by atoms with Gasteiger partial charge in [0.15, 0.2) is 0 Å². The fraction of sp³-hybridized carbons (Fsp3) is 0.917. The molecule has 0 radical (unpaired) electrons. The highest BCUT2D eigenvalue weighted by molar-refractivity contribution is 5.78. The maximum absolute atomic E-state index is 11.9. The standard InChI is InChI=1S/C12H22N2O3/c15-6-5-14(11-1-2-11)9-12(16)13-10-3-7-17-8-4-10/h10-11,15H,1-9H2,(H,13,16). The summed E-state index contributed by atoms with van der Waals surface area (Å²) in [5.74, 6) is 0.0808. The molecule has 1 aliphatic heterocycles. The van der Waals surface area contributed by atoms with Gasteiger partial charge in [-0.25, -0.2) is 0 Å². The van der Waals surface area contributed by atoms with Gasteiger partial charge in [-0.3, -0.25) is 9.69 Å². The van der Waals surface area contributed by atoms with E-state index in [1.807, 2.05) is 0 Å². The molecule has 98 valence electrons. The van der Waals surface area contributed by atoms with Gasteiger partial charge in [-0.2, -0.15) is 0 Å². The molecular formula is C12H22N2O3. The van der Waals surface area contributed by atoms with Crippen molar-refractivity contribution in [3.8, 4) is 0 Å². The van der Waals surface area contributed by atoms with Gasteiger partial charge >= 0.3 is 0 Å². The first kappa shape index (κ1) is 12.8. The predicted octanol–water partition coefficient (Wildman–Crippen LogP) is -0.262. The molecule has 2 aliphatic rings.